The van der Waals surface area contributed by atoms with Crippen molar-refractivity contribution in [1.82, 2.24) is 0 Å². The lowest BCUT2D eigenvalue weighted by atomic mass is 10.2. The summed E-state index contributed by atoms with van der Waals surface area (Å²) >= 11 is 0. The Morgan fingerprint density at radius 2 is 2.09 bits per heavy atom. The van der Waals surface area contributed by atoms with Gasteiger partial charge >= 0.3 is 5.97 Å². The molecule has 0 heterocycles. The molecule has 64 valence electrons. The molecule has 0 bridgehead atoms. The molecule has 0 saturated carbocycles. The third kappa shape index (κ3) is 4.50. The van der Waals surface area contributed by atoms with Crippen LogP contribution in [0.15, 0.2) is 0 Å². The first-order chi connectivity index (χ1) is 5.07. The van der Waals surface area contributed by atoms with Crippen molar-refractivity contribution in [3.8, 4) is 0 Å². The van der Waals surface area contributed by atoms with E-state index < -0.39 is 12.0 Å². The van der Waals surface area contributed by atoms with Crippen LogP contribution in [0.3, 0.4) is 0 Å². The maximum absolute atomic E-state index is 10.8. The third-order valence-corrected chi connectivity index (χ3v) is 1.13. The summed E-state index contributed by atoms with van der Waals surface area (Å²) in [5.74, 6) is -0.793. The van der Waals surface area contributed by atoms with Gasteiger partial charge in [0.15, 0.2) is 5.78 Å². The van der Waals surface area contributed by atoms with Crippen LogP contribution < -0.4 is 5.73 Å². The molecule has 0 fully saturated rings. The maximum atomic E-state index is 10.8. The van der Waals surface area contributed by atoms with Gasteiger partial charge in [0.25, 0.3) is 0 Å². The minimum Gasteiger partial charge on any atom is -0.466 e. The lowest BCUT2D eigenvalue weighted by Gasteiger charge is -2.02. The summed E-state index contributed by atoms with van der Waals surface area (Å²) in [4.78, 5) is 21.5. The normalized spacial score (nSPS) is 12.3. The second kappa shape index (κ2) is 4.85. The number of Topliss-reactive ketones (excluding diaryl/α,β-unsaturated/α-hetero) is 1. The molecule has 1 atom stereocenters. The minimum atomic E-state index is -0.584. The number of esters is 1. The summed E-state index contributed by atoms with van der Waals surface area (Å²) in [5.41, 5.74) is 5.22. The van der Waals surface area contributed by atoms with Crippen LogP contribution in [0.25, 0.3) is 0 Å². The van der Waals surface area contributed by atoms with Gasteiger partial charge in [0.2, 0.25) is 0 Å². The zero-order valence-electron chi connectivity index (χ0n) is 6.79. The molecule has 0 saturated heterocycles. The maximum Gasteiger partial charge on any atom is 0.313 e. The van der Waals surface area contributed by atoms with Crippen LogP contribution in [-0.2, 0) is 14.3 Å². The molecular formula is C7H13NO3. The van der Waals surface area contributed by atoms with Crippen molar-refractivity contribution >= 4 is 11.8 Å². The summed E-state index contributed by atoms with van der Waals surface area (Å²) in [6.45, 7) is 3.53. The van der Waals surface area contributed by atoms with Crippen molar-refractivity contribution in [2.24, 2.45) is 5.73 Å². The van der Waals surface area contributed by atoms with Crippen molar-refractivity contribution in [2.75, 3.05) is 6.61 Å². The molecule has 0 aliphatic carbocycles. The number of rotatable bonds is 4. The van der Waals surface area contributed by atoms with Crippen LogP contribution in [0.5, 0.6) is 0 Å². The largest absolute Gasteiger partial charge is 0.466 e. The van der Waals surface area contributed by atoms with Gasteiger partial charge in [-0.25, -0.2) is 0 Å². The zero-order valence-corrected chi connectivity index (χ0v) is 6.79. The first kappa shape index (κ1) is 10.1. The molecule has 0 aliphatic heterocycles. The summed E-state index contributed by atoms with van der Waals surface area (Å²) in [6, 6.07) is -0.584. The van der Waals surface area contributed by atoms with Gasteiger partial charge < -0.3 is 10.5 Å². The Morgan fingerprint density at radius 3 is 2.45 bits per heavy atom. The fourth-order valence-electron chi connectivity index (χ4n) is 0.515. The highest BCUT2D eigenvalue weighted by atomic mass is 16.5. The second-order valence-electron chi connectivity index (χ2n) is 2.24. The van der Waals surface area contributed by atoms with Crippen LogP contribution in [0.1, 0.15) is 20.3 Å². The fraction of sp³-hybridized carbons (Fsp3) is 0.714. The van der Waals surface area contributed by atoms with Crippen LogP contribution >= 0.6 is 0 Å². The summed E-state index contributed by atoms with van der Waals surface area (Å²) in [5, 5.41) is 0. The predicted octanol–water partition coefficient (Wildman–Crippen LogP) is -0.144. The molecule has 0 amide bonds. The number of carbonyl (C=O) groups is 2. The van der Waals surface area contributed by atoms with E-state index in [1.165, 1.54) is 0 Å². The minimum absolute atomic E-state index is 0.217. The first-order valence-corrected chi connectivity index (χ1v) is 3.51. The summed E-state index contributed by atoms with van der Waals surface area (Å²) < 4.78 is 4.55. The van der Waals surface area contributed by atoms with Gasteiger partial charge in [-0.3, -0.25) is 9.59 Å². The van der Waals surface area contributed by atoms with E-state index in [1.807, 2.05) is 0 Å². The van der Waals surface area contributed by atoms with Crippen LogP contribution in [-0.4, -0.2) is 24.4 Å². The van der Waals surface area contributed by atoms with E-state index in [0.717, 1.165) is 0 Å². The van der Waals surface area contributed by atoms with E-state index in [-0.39, 0.29) is 12.2 Å². The second-order valence-corrected chi connectivity index (χ2v) is 2.24. The topological polar surface area (TPSA) is 69.4 Å². The van der Waals surface area contributed by atoms with Gasteiger partial charge in [-0.2, -0.15) is 0 Å². The van der Waals surface area contributed by atoms with E-state index in [0.29, 0.717) is 6.61 Å². The molecule has 0 aliphatic rings. The number of ketones is 1. The Labute approximate surface area is 65.7 Å². The van der Waals surface area contributed by atoms with E-state index >= 15 is 0 Å². The van der Waals surface area contributed by atoms with Crippen molar-refractivity contribution in [2.45, 2.75) is 26.3 Å². The predicted molar refractivity (Wildman–Crippen MR) is 39.9 cm³/mol. The highest BCUT2D eigenvalue weighted by Gasteiger charge is 2.13. The quantitative estimate of drug-likeness (QED) is 0.457. The van der Waals surface area contributed by atoms with Crippen molar-refractivity contribution in [1.29, 1.82) is 0 Å². The number of carbonyl (C=O) groups excluding carboxylic acids is 2. The molecule has 0 aromatic carbocycles. The third-order valence-electron chi connectivity index (χ3n) is 1.13. The lowest BCUT2D eigenvalue weighted by Crippen LogP contribution is -2.29. The molecule has 0 radical (unpaired) electrons. The molecule has 0 aromatic rings. The van der Waals surface area contributed by atoms with Crippen LogP contribution in [0.4, 0.5) is 0 Å². The van der Waals surface area contributed by atoms with Gasteiger partial charge in [0.05, 0.1) is 12.6 Å². The number of hydrogen-bond donors (Lipinski definition) is 1. The molecule has 0 rings (SSSR count). The highest BCUT2D eigenvalue weighted by molar-refractivity contribution is 5.98. The molecule has 4 nitrogen and oxygen atoms in total. The molecule has 4 heteroatoms. The van der Waals surface area contributed by atoms with E-state index in [1.54, 1.807) is 13.8 Å². The fourth-order valence-corrected chi connectivity index (χ4v) is 0.515. The van der Waals surface area contributed by atoms with Crippen LogP contribution in [0, 0.1) is 0 Å². The number of hydrogen-bond acceptors (Lipinski definition) is 4. The van der Waals surface area contributed by atoms with E-state index in [9.17, 15) is 9.59 Å². The van der Waals surface area contributed by atoms with E-state index in [4.69, 9.17) is 5.73 Å². The van der Waals surface area contributed by atoms with Gasteiger partial charge in [0.1, 0.15) is 6.42 Å². The van der Waals surface area contributed by atoms with Gasteiger partial charge in [-0.1, -0.05) is 0 Å². The average molecular weight is 159 g/mol. The number of nitrogens with two attached hydrogens (primary N) is 1. The Bertz CT molecular complexity index is 154. The Kier molecular flexibility index (Phi) is 4.45. The number of ether oxygens (including phenoxy) is 1. The SMILES string of the molecule is CCOC(=O)CC(=O)C(C)N. The first-order valence-electron chi connectivity index (χ1n) is 3.51. The Hall–Kier alpha value is -0.900. The van der Waals surface area contributed by atoms with Crippen molar-refractivity contribution in [3.05, 3.63) is 0 Å². The van der Waals surface area contributed by atoms with Crippen molar-refractivity contribution < 1.29 is 14.3 Å². The van der Waals surface area contributed by atoms with Crippen LogP contribution in [0.2, 0.25) is 0 Å². The monoisotopic (exact) mass is 159 g/mol. The smallest absolute Gasteiger partial charge is 0.313 e. The van der Waals surface area contributed by atoms with Gasteiger partial charge in [-0.05, 0) is 13.8 Å². The summed E-state index contributed by atoms with van der Waals surface area (Å²) in [7, 11) is 0. The molecule has 1 unspecified atom stereocenters. The van der Waals surface area contributed by atoms with Crippen molar-refractivity contribution in [3.63, 3.8) is 0 Å². The lowest BCUT2D eigenvalue weighted by molar-refractivity contribution is -0.145. The zero-order chi connectivity index (χ0) is 8.85. The molecule has 11 heavy (non-hydrogen) atoms. The Balaban J connectivity index is 3.67. The van der Waals surface area contributed by atoms with Gasteiger partial charge in [0, 0.05) is 0 Å². The van der Waals surface area contributed by atoms with Gasteiger partial charge in [-0.15, -0.1) is 0 Å². The van der Waals surface area contributed by atoms with E-state index in [2.05, 4.69) is 4.74 Å². The standard InChI is InChI=1S/C7H13NO3/c1-3-11-7(10)4-6(9)5(2)8/h5H,3-4,8H2,1-2H3. The molecular weight excluding hydrogens is 146 g/mol. The average Bonchev–Trinajstić information content (AvgIpc) is 1.87. The molecule has 0 aromatic heterocycles. The highest BCUT2D eigenvalue weighted by Crippen LogP contribution is 1.91. The molecule has 2 N–H and O–H groups in total. The molecule has 0 spiro atoms. The summed E-state index contributed by atoms with van der Waals surface area (Å²) in [6.07, 6.45) is -0.217. The Morgan fingerprint density at radius 1 is 1.55 bits per heavy atom.